The van der Waals surface area contributed by atoms with Crippen LogP contribution in [0.25, 0.3) is 0 Å². The van der Waals surface area contributed by atoms with Crippen LogP contribution in [0.1, 0.15) is 77.6 Å². The third kappa shape index (κ3) is 7.96. The van der Waals surface area contributed by atoms with Crippen molar-refractivity contribution in [2.45, 2.75) is 84.1 Å². The van der Waals surface area contributed by atoms with Gasteiger partial charge in [-0.1, -0.05) is 64.7 Å². The van der Waals surface area contributed by atoms with Crippen molar-refractivity contribution >= 4 is 23.7 Å². The Labute approximate surface area is 192 Å². The zero-order chi connectivity index (χ0) is 24.4. The van der Waals surface area contributed by atoms with Gasteiger partial charge in [-0.3, -0.25) is 9.36 Å². The van der Waals surface area contributed by atoms with E-state index in [9.17, 15) is 31.9 Å². The molecule has 0 aliphatic carbocycles. The van der Waals surface area contributed by atoms with E-state index in [4.69, 9.17) is 0 Å². The lowest BCUT2D eigenvalue weighted by Crippen LogP contribution is -2.55. The second-order valence-corrected chi connectivity index (χ2v) is 11.3. The predicted octanol–water partition coefficient (Wildman–Crippen LogP) is 2.04. The zero-order valence-electron chi connectivity index (χ0n) is 18.9. The number of sulfone groups is 1. The van der Waals surface area contributed by atoms with Crippen molar-refractivity contribution in [3.63, 3.8) is 0 Å². The van der Waals surface area contributed by atoms with Gasteiger partial charge in [0.1, 0.15) is 9.84 Å². The summed E-state index contributed by atoms with van der Waals surface area (Å²) in [7, 11) is -6.95. The molecule has 1 aromatic heterocycles. The van der Waals surface area contributed by atoms with Crippen LogP contribution in [0.4, 0.5) is 4.79 Å². The van der Waals surface area contributed by atoms with E-state index in [0.717, 1.165) is 23.8 Å². The van der Waals surface area contributed by atoms with E-state index in [2.05, 4.69) is 16.9 Å². The Kier molecular flexibility index (Phi) is 10.6. The standard InChI is InChI=1S/C20H31N4O7PS/c1-2-3-4-5-6-7-8-9-10-11-14-33(30,31)15-12-13-23-17-16(21-19(26)22-17)18(25)24(20(23)27)32(28)29/h2-15H2,1H3. The number of nitrogens with zero attached hydrogens (tertiary/aromatic N) is 4. The lowest BCUT2D eigenvalue weighted by atomic mass is 10.1. The molecule has 184 valence electrons. The summed E-state index contributed by atoms with van der Waals surface area (Å²) < 4.78 is 48.1. The molecule has 2 heterocycles. The van der Waals surface area contributed by atoms with Crippen molar-refractivity contribution in [3.8, 4) is 0 Å². The normalized spacial score (nSPS) is 12.9. The monoisotopic (exact) mass is 502 g/mol. The Morgan fingerprint density at radius 3 is 1.91 bits per heavy atom. The summed E-state index contributed by atoms with van der Waals surface area (Å²) in [4.78, 5) is 42.8. The van der Waals surface area contributed by atoms with E-state index < -0.39 is 40.3 Å². The minimum Gasteiger partial charge on any atom is -0.275 e. The number of fused-ring (bicyclic) bond motifs is 1. The molecule has 0 N–H and O–H groups in total. The van der Waals surface area contributed by atoms with Crippen molar-refractivity contribution in [1.29, 1.82) is 0 Å². The van der Waals surface area contributed by atoms with Gasteiger partial charge in [0, 0.05) is 6.54 Å². The lowest BCUT2D eigenvalue weighted by molar-refractivity contribution is 0.256. The molecule has 1 aliphatic rings. The smallest absolute Gasteiger partial charge is 0.275 e. The van der Waals surface area contributed by atoms with Gasteiger partial charge in [0.25, 0.3) is 5.56 Å². The molecule has 0 saturated carbocycles. The highest BCUT2D eigenvalue weighted by molar-refractivity contribution is 7.91. The highest BCUT2D eigenvalue weighted by Crippen LogP contribution is 2.11. The van der Waals surface area contributed by atoms with Gasteiger partial charge in [-0.25, -0.2) is 27.1 Å². The van der Waals surface area contributed by atoms with Crippen LogP contribution >= 0.6 is 7.83 Å². The van der Waals surface area contributed by atoms with Gasteiger partial charge in [-0.15, -0.1) is 4.34 Å². The molecule has 2 rings (SSSR count). The number of hydrogen-bond donors (Lipinski definition) is 0. The predicted molar refractivity (Wildman–Crippen MR) is 121 cm³/mol. The summed E-state index contributed by atoms with van der Waals surface area (Å²) in [5.74, 6) is -0.167. The van der Waals surface area contributed by atoms with Crippen molar-refractivity contribution < 1.29 is 22.3 Å². The van der Waals surface area contributed by atoms with E-state index in [-0.39, 0.29) is 34.3 Å². The molecule has 0 bridgehead atoms. The molecule has 0 saturated heterocycles. The number of unbranched alkanes of at least 4 members (excludes halogenated alkanes) is 9. The molecular formula is C20H31N4O7PS. The molecule has 1 aliphatic heterocycles. The Bertz CT molecular complexity index is 1250. The fraction of sp³-hybridized carbons (Fsp3) is 0.750. The number of carbonyl (C=O) groups excluding carboxylic acids is 1. The summed E-state index contributed by atoms with van der Waals surface area (Å²) >= 11 is 0. The summed E-state index contributed by atoms with van der Waals surface area (Å²) in [5.41, 5.74) is -2.78. The Morgan fingerprint density at radius 1 is 0.788 bits per heavy atom. The van der Waals surface area contributed by atoms with Gasteiger partial charge in [-0.05, 0) is 12.8 Å². The first kappa shape index (κ1) is 27.0. The average molecular weight is 503 g/mol. The first-order chi connectivity index (χ1) is 15.7. The molecular weight excluding hydrogens is 471 g/mol. The van der Waals surface area contributed by atoms with Crippen molar-refractivity contribution in [1.82, 2.24) is 8.90 Å². The van der Waals surface area contributed by atoms with Crippen molar-refractivity contribution in [3.05, 3.63) is 31.7 Å². The summed E-state index contributed by atoms with van der Waals surface area (Å²) in [5, 5.41) is -0.535. The topological polar surface area (TPSA) is 154 Å². The van der Waals surface area contributed by atoms with Crippen molar-refractivity contribution in [2.24, 2.45) is 9.98 Å². The fourth-order valence-electron chi connectivity index (χ4n) is 3.74. The van der Waals surface area contributed by atoms with Gasteiger partial charge in [-0.2, -0.15) is 9.98 Å². The summed E-state index contributed by atoms with van der Waals surface area (Å²) in [6.07, 6.45) is 10.9. The molecule has 33 heavy (non-hydrogen) atoms. The van der Waals surface area contributed by atoms with Crippen LogP contribution in [0.2, 0.25) is 0 Å². The number of amides is 2. The fourth-order valence-corrected chi connectivity index (χ4v) is 5.65. The highest BCUT2D eigenvalue weighted by Gasteiger charge is 2.21. The van der Waals surface area contributed by atoms with Gasteiger partial charge in [0.2, 0.25) is 0 Å². The zero-order valence-corrected chi connectivity index (χ0v) is 20.6. The van der Waals surface area contributed by atoms with E-state index in [0.29, 0.717) is 6.42 Å². The van der Waals surface area contributed by atoms with Gasteiger partial charge >= 0.3 is 19.6 Å². The quantitative estimate of drug-likeness (QED) is 0.247. The largest absolute Gasteiger partial charge is 0.438 e. The second kappa shape index (κ2) is 12.9. The van der Waals surface area contributed by atoms with E-state index >= 15 is 0 Å². The van der Waals surface area contributed by atoms with Gasteiger partial charge in [0.05, 0.1) is 11.5 Å². The molecule has 11 nitrogen and oxygen atoms in total. The Morgan fingerprint density at radius 2 is 1.33 bits per heavy atom. The van der Waals surface area contributed by atoms with Crippen LogP contribution in [0.15, 0.2) is 19.6 Å². The number of urea groups is 1. The van der Waals surface area contributed by atoms with E-state index in [1.54, 1.807) is 0 Å². The SMILES string of the molecule is CCCCCCCCCCCCS(=O)(=O)CCCn1c2c(c(=O)n(P(=O)=O)c1=O)=NC(=O)N=2. The Balaban J connectivity index is 1.85. The first-order valence-corrected chi connectivity index (χ1v) is 14.4. The molecule has 0 aromatic carbocycles. The van der Waals surface area contributed by atoms with Crippen LogP contribution in [0.3, 0.4) is 0 Å². The van der Waals surface area contributed by atoms with Crippen LogP contribution in [0, 0.1) is 0 Å². The van der Waals surface area contributed by atoms with E-state index in [1.807, 2.05) is 0 Å². The molecule has 13 heteroatoms. The average Bonchev–Trinajstić information content (AvgIpc) is 3.13. The molecule has 0 radical (unpaired) electrons. The highest BCUT2D eigenvalue weighted by atomic mass is 32.2. The molecule has 0 spiro atoms. The lowest BCUT2D eigenvalue weighted by Gasteiger charge is -2.07. The summed E-state index contributed by atoms with van der Waals surface area (Å²) in [6, 6.07) is -1.03. The number of carbonyl (C=O) groups is 1. The van der Waals surface area contributed by atoms with Crippen LogP contribution in [0.5, 0.6) is 0 Å². The minimum absolute atomic E-state index is 0.00396. The molecule has 0 fully saturated rings. The first-order valence-electron chi connectivity index (χ1n) is 11.4. The van der Waals surface area contributed by atoms with E-state index in [1.165, 1.54) is 38.5 Å². The number of rotatable bonds is 16. The maximum absolute atomic E-state index is 12.4. The van der Waals surface area contributed by atoms with Crippen LogP contribution in [-0.4, -0.2) is 34.9 Å². The van der Waals surface area contributed by atoms with Gasteiger partial charge in [0.15, 0.2) is 10.8 Å². The number of aromatic nitrogens is 2. The molecule has 0 unspecified atom stereocenters. The minimum atomic E-state index is -3.59. The number of hydrogen-bond acceptors (Lipinski definition) is 7. The molecule has 0 atom stereocenters. The third-order valence-electron chi connectivity index (χ3n) is 5.49. The molecule has 2 amide bonds. The van der Waals surface area contributed by atoms with Crippen LogP contribution < -0.4 is 22.1 Å². The van der Waals surface area contributed by atoms with Crippen LogP contribution in [-0.2, 0) is 25.5 Å². The maximum Gasteiger partial charge on any atom is 0.438 e. The van der Waals surface area contributed by atoms with Crippen molar-refractivity contribution in [2.75, 3.05) is 11.5 Å². The second-order valence-electron chi connectivity index (χ2n) is 8.15. The Hall–Kier alpha value is -2.20. The maximum atomic E-state index is 12.4. The molecule has 1 aromatic rings. The van der Waals surface area contributed by atoms with Gasteiger partial charge < -0.3 is 0 Å². The summed E-state index contributed by atoms with van der Waals surface area (Å²) in [6.45, 7) is 1.97. The third-order valence-corrected chi connectivity index (χ3v) is 7.99.